The van der Waals surface area contributed by atoms with Crippen LogP contribution in [0.15, 0.2) is 72.8 Å². The van der Waals surface area contributed by atoms with Crippen molar-refractivity contribution in [1.29, 1.82) is 0 Å². The fourth-order valence-corrected chi connectivity index (χ4v) is 6.61. The van der Waals surface area contributed by atoms with Gasteiger partial charge in [0.15, 0.2) is 0 Å². The predicted molar refractivity (Wildman–Crippen MR) is 152 cm³/mol. The normalized spacial score (nSPS) is 21.8. The maximum Gasteiger partial charge on any atom is 0.416 e. The number of phenols is 1. The summed E-state index contributed by atoms with van der Waals surface area (Å²) in [4.78, 5) is 20.2. The molecule has 3 aliphatic rings. The number of hydrogen-bond donors (Lipinski definition) is 2. The number of anilines is 1. The minimum atomic E-state index is -4.39. The van der Waals surface area contributed by atoms with Gasteiger partial charge in [0.05, 0.1) is 11.6 Å². The molecule has 0 bridgehead atoms. The molecule has 0 spiro atoms. The summed E-state index contributed by atoms with van der Waals surface area (Å²) in [5.41, 5.74) is 3.38. The van der Waals surface area contributed by atoms with E-state index in [9.17, 15) is 23.1 Å². The largest absolute Gasteiger partial charge is 0.508 e. The number of amides is 1. The molecule has 2 aliphatic heterocycles. The fraction of sp³-hybridized carbons (Fsp3) is 0.406. The molecule has 1 amide bonds. The van der Waals surface area contributed by atoms with Crippen molar-refractivity contribution in [2.75, 3.05) is 37.6 Å². The second-order valence-electron chi connectivity index (χ2n) is 11.3. The highest BCUT2D eigenvalue weighted by Gasteiger charge is 2.43. The van der Waals surface area contributed by atoms with Crippen LogP contribution >= 0.6 is 0 Å². The number of hydrogen-bond acceptors (Lipinski definition) is 5. The molecule has 0 unspecified atom stereocenters. The molecule has 2 fully saturated rings. The number of aromatic hydroxyl groups is 1. The van der Waals surface area contributed by atoms with Gasteiger partial charge in [0.1, 0.15) is 5.75 Å². The Morgan fingerprint density at radius 1 is 0.902 bits per heavy atom. The van der Waals surface area contributed by atoms with Gasteiger partial charge in [-0.3, -0.25) is 9.69 Å². The zero-order valence-electron chi connectivity index (χ0n) is 22.9. The average molecular weight is 565 g/mol. The number of halogens is 3. The van der Waals surface area contributed by atoms with Gasteiger partial charge in [-0.1, -0.05) is 48.5 Å². The van der Waals surface area contributed by atoms with Crippen molar-refractivity contribution >= 4 is 11.6 Å². The lowest BCUT2D eigenvalue weighted by atomic mass is 10.1. The Bertz CT molecular complexity index is 1360. The maximum absolute atomic E-state index is 14.0. The van der Waals surface area contributed by atoms with E-state index in [1.807, 2.05) is 21.9 Å². The molecule has 9 heteroatoms. The molecule has 2 heterocycles. The van der Waals surface area contributed by atoms with Crippen LogP contribution in [0, 0.1) is 0 Å². The molecule has 2 saturated heterocycles. The van der Waals surface area contributed by atoms with Crippen molar-refractivity contribution in [3.05, 3.63) is 95.1 Å². The van der Waals surface area contributed by atoms with E-state index in [1.54, 1.807) is 18.2 Å². The number of nitrogens with zero attached hydrogens (tertiary/aromatic N) is 3. The summed E-state index contributed by atoms with van der Waals surface area (Å²) in [6.45, 7) is 3.19. The summed E-state index contributed by atoms with van der Waals surface area (Å²) in [6, 6.07) is 21.2. The van der Waals surface area contributed by atoms with Crippen LogP contribution in [-0.4, -0.2) is 71.7 Å². The summed E-state index contributed by atoms with van der Waals surface area (Å²) in [7, 11) is 0. The first-order valence-corrected chi connectivity index (χ1v) is 14.3. The Morgan fingerprint density at radius 3 is 2.27 bits per heavy atom. The maximum atomic E-state index is 14.0. The van der Waals surface area contributed by atoms with Gasteiger partial charge >= 0.3 is 6.18 Å². The zero-order valence-corrected chi connectivity index (χ0v) is 22.9. The number of para-hydroxylation sites is 1. The first-order valence-electron chi connectivity index (χ1n) is 14.3. The number of carbonyl (C=O) groups is 1. The van der Waals surface area contributed by atoms with Crippen LogP contribution in [0.3, 0.4) is 0 Å². The fourth-order valence-electron chi connectivity index (χ4n) is 6.61. The van der Waals surface area contributed by atoms with Gasteiger partial charge in [-0.2, -0.15) is 13.2 Å². The Morgan fingerprint density at radius 2 is 1.59 bits per heavy atom. The second-order valence-corrected chi connectivity index (χ2v) is 11.3. The van der Waals surface area contributed by atoms with E-state index in [1.165, 1.54) is 23.3 Å². The number of phenolic OH excluding ortho intramolecular Hbond substituents is 1. The Balaban J connectivity index is 1.14. The molecule has 2 N–H and O–H groups in total. The van der Waals surface area contributed by atoms with Crippen LogP contribution < -0.4 is 10.2 Å². The molecule has 2 atom stereocenters. The molecular weight excluding hydrogens is 529 g/mol. The molecule has 6 rings (SSSR count). The SMILES string of the molecule is O=C([C@@H]1C[C@H](NCc2ccccc2O)CN1C1Cc2ccccc2C1)N1CCN(c2cccc(C(F)(F)F)c2)CC1. The van der Waals surface area contributed by atoms with Crippen LogP contribution in [0.2, 0.25) is 0 Å². The molecule has 216 valence electrons. The monoisotopic (exact) mass is 564 g/mol. The van der Waals surface area contributed by atoms with Crippen LogP contribution in [0.25, 0.3) is 0 Å². The van der Waals surface area contributed by atoms with Gasteiger partial charge in [0, 0.05) is 62.6 Å². The van der Waals surface area contributed by atoms with Crippen LogP contribution in [-0.2, 0) is 30.4 Å². The molecule has 3 aromatic carbocycles. The number of fused-ring (bicyclic) bond motifs is 1. The van der Waals surface area contributed by atoms with Gasteiger partial charge in [0.25, 0.3) is 0 Å². The standard InChI is InChI=1S/C32H35F3N4O2/c33-32(34,35)25-9-5-10-27(18-25)37-12-14-38(15-13-37)31(41)29-19-26(36-20-24-8-3-4-11-30(24)40)21-39(29)28-16-22-6-1-2-7-23(22)17-28/h1-11,18,26,28-29,36,40H,12-17,19-21H2/t26-,29-/m0/s1. The van der Waals surface area contributed by atoms with Crippen molar-refractivity contribution < 1.29 is 23.1 Å². The third kappa shape index (κ3) is 5.92. The second kappa shape index (κ2) is 11.4. The summed E-state index contributed by atoms with van der Waals surface area (Å²) < 4.78 is 39.7. The van der Waals surface area contributed by atoms with Crippen molar-refractivity contribution in [1.82, 2.24) is 15.1 Å². The van der Waals surface area contributed by atoms with Crippen molar-refractivity contribution in [2.24, 2.45) is 0 Å². The number of rotatable bonds is 6. The lowest BCUT2D eigenvalue weighted by Gasteiger charge is -2.39. The van der Waals surface area contributed by atoms with Crippen LogP contribution in [0.4, 0.5) is 18.9 Å². The topological polar surface area (TPSA) is 59.1 Å². The van der Waals surface area contributed by atoms with Crippen LogP contribution in [0.5, 0.6) is 5.75 Å². The molecule has 1 aliphatic carbocycles. The highest BCUT2D eigenvalue weighted by atomic mass is 19.4. The highest BCUT2D eigenvalue weighted by molar-refractivity contribution is 5.83. The first kappa shape index (κ1) is 27.6. The summed E-state index contributed by atoms with van der Waals surface area (Å²) in [5, 5.41) is 13.8. The third-order valence-corrected chi connectivity index (χ3v) is 8.83. The van der Waals surface area contributed by atoms with Gasteiger partial charge in [0.2, 0.25) is 5.91 Å². The number of benzene rings is 3. The number of alkyl halides is 3. The third-order valence-electron chi connectivity index (χ3n) is 8.83. The smallest absolute Gasteiger partial charge is 0.416 e. The molecular formula is C32H35F3N4O2. The van der Waals surface area contributed by atoms with E-state index in [-0.39, 0.29) is 29.8 Å². The van der Waals surface area contributed by atoms with Gasteiger partial charge in [-0.15, -0.1) is 0 Å². The van der Waals surface area contributed by atoms with E-state index >= 15 is 0 Å². The van der Waals surface area contributed by atoms with Crippen molar-refractivity contribution in [2.45, 2.75) is 50.1 Å². The van der Waals surface area contributed by atoms with E-state index in [2.05, 4.69) is 34.5 Å². The van der Waals surface area contributed by atoms with E-state index in [4.69, 9.17) is 0 Å². The van der Waals surface area contributed by atoms with E-state index in [0.717, 1.165) is 31.0 Å². The number of likely N-dealkylation sites (tertiary alicyclic amines) is 1. The summed E-state index contributed by atoms with van der Waals surface area (Å²) in [6.07, 6.45) is -1.89. The molecule has 6 nitrogen and oxygen atoms in total. The van der Waals surface area contributed by atoms with Gasteiger partial charge in [-0.25, -0.2) is 0 Å². The summed E-state index contributed by atoms with van der Waals surface area (Å²) >= 11 is 0. The highest BCUT2D eigenvalue weighted by Crippen LogP contribution is 2.34. The summed E-state index contributed by atoms with van der Waals surface area (Å²) in [5.74, 6) is 0.351. The zero-order chi connectivity index (χ0) is 28.6. The van der Waals surface area contributed by atoms with Gasteiger partial charge < -0.3 is 20.2 Å². The van der Waals surface area contributed by atoms with Crippen molar-refractivity contribution in [3.63, 3.8) is 0 Å². The van der Waals surface area contributed by atoms with E-state index < -0.39 is 11.7 Å². The lowest BCUT2D eigenvalue weighted by Crippen LogP contribution is -2.55. The minimum absolute atomic E-state index is 0.0940. The average Bonchev–Trinajstić information content (AvgIpc) is 3.61. The Labute approximate surface area is 238 Å². The Kier molecular flexibility index (Phi) is 7.66. The number of nitrogens with one attached hydrogen (secondary N) is 1. The first-order chi connectivity index (χ1) is 19.8. The van der Waals surface area contributed by atoms with Crippen molar-refractivity contribution in [3.8, 4) is 5.75 Å². The predicted octanol–water partition coefficient (Wildman–Crippen LogP) is 4.46. The molecule has 41 heavy (non-hydrogen) atoms. The molecule has 0 radical (unpaired) electrons. The lowest BCUT2D eigenvalue weighted by molar-refractivity contribution is -0.137. The van der Waals surface area contributed by atoms with Crippen LogP contribution in [0.1, 0.15) is 28.7 Å². The quantitative estimate of drug-likeness (QED) is 0.463. The molecule has 0 saturated carbocycles. The number of piperazine rings is 1. The van der Waals surface area contributed by atoms with E-state index in [0.29, 0.717) is 44.8 Å². The number of carbonyl (C=O) groups excluding carboxylic acids is 1. The Hall–Kier alpha value is -3.56. The minimum Gasteiger partial charge on any atom is -0.508 e. The molecule has 3 aromatic rings. The van der Waals surface area contributed by atoms with Gasteiger partial charge in [-0.05, 0) is 54.7 Å². The molecule has 0 aromatic heterocycles.